The third-order valence-electron chi connectivity index (χ3n) is 4.88. The van der Waals surface area contributed by atoms with E-state index >= 15 is 0 Å². The van der Waals surface area contributed by atoms with E-state index < -0.39 is 18.5 Å². The minimum absolute atomic E-state index is 0.0274. The molecule has 1 amide bonds. The van der Waals surface area contributed by atoms with Crippen LogP contribution in [-0.2, 0) is 9.53 Å². The third kappa shape index (κ3) is 5.63. The Morgan fingerprint density at radius 3 is 2.34 bits per heavy atom. The number of carbonyl (C=O) groups is 2. The largest absolute Gasteiger partial charge is 0.507 e. The Balaban J connectivity index is 1.50. The number of hydrogen-bond acceptors (Lipinski definition) is 6. The number of anilines is 2. The van der Waals surface area contributed by atoms with Gasteiger partial charge in [-0.05, 0) is 49.2 Å². The fraction of sp³-hybridized carbons (Fsp3) is 0.364. The lowest BCUT2D eigenvalue weighted by molar-refractivity contribution is -0.119. The number of carbonyl (C=O) groups excluding carboxylic acids is 2. The van der Waals surface area contributed by atoms with E-state index in [4.69, 9.17) is 9.47 Å². The van der Waals surface area contributed by atoms with Gasteiger partial charge in [0.2, 0.25) is 0 Å². The number of amides is 1. The summed E-state index contributed by atoms with van der Waals surface area (Å²) in [5, 5.41) is 12.6. The second-order valence-electron chi connectivity index (χ2n) is 6.96. The van der Waals surface area contributed by atoms with Gasteiger partial charge in [-0.15, -0.1) is 0 Å². The lowest BCUT2D eigenvalue weighted by Crippen LogP contribution is -2.24. The molecule has 2 aromatic rings. The smallest absolute Gasteiger partial charge is 0.342 e. The average Bonchev–Trinajstić information content (AvgIpc) is 3.02. The van der Waals surface area contributed by atoms with Gasteiger partial charge in [0, 0.05) is 30.5 Å². The van der Waals surface area contributed by atoms with Gasteiger partial charge in [-0.1, -0.05) is 12.8 Å². The number of benzene rings is 2. The highest BCUT2D eigenvalue weighted by molar-refractivity contribution is 5.96. The normalized spacial score (nSPS) is 14.0. The van der Waals surface area contributed by atoms with Crippen molar-refractivity contribution in [1.82, 2.24) is 0 Å². The molecule has 0 atom stereocenters. The summed E-state index contributed by atoms with van der Waals surface area (Å²) in [5.74, 6) is -1.08. The van der Waals surface area contributed by atoms with Crippen LogP contribution < -0.4 is 15.0 Å². The molecule has 154 valence electrons. The number of ether oxygens (including phenoxy) is 2. The van der Waals surface area contributed by atoms with E-state index in [0.29, 0.717) is 11.4 Å². The van der Waals surface area contributed by atoms with Gasteiger partial charge in [0.05, 0.1) is 7.11 Å². The quantitative estimate of drug-likeness (QED) is 0.723. The summed E-state index contributed by atoms with van der Waals surface area (Å²) in [4.78, 5) is 26.5. The van der Waals surface area contributed by atoms with Crippen molar-refractivity contribution in [3.8, 4) is 11.5 Å². The Bertz CT molecular complexity index is 843. The number of nitrogens with one attached hydrogen (secondary N) is 1. The summed E-state index contributed by atoms with van der Waals surface area (Å²) in [5.41, 5.74) is 1.75. The molecule has 0 radical (unpaired) electrons. The molecule has 0 saturated carbocycles. The van der Waals surface area contributed by atoms with Crippen LogP contribution in [0.2, 0.25) is 0 Å². The summed E-state index contributed by atoms with van der Waals surface area (Å²) in [6, 6.07) is 11.9. The number of esters is 1. The first-order valence-corrected chi connectivity index (χ1v) is 9.76. The van der Waals surface area contributed by atoms with Gasteiger partial charge in [0.25, 0.3) is 5.91 Å². The van der Waals surface area contributed by atoms with Crippen LogP contribution in [0, 0.1) is 0 Å². The lowest BCUT2D eigenvalue weighted by Gasteiger charge is -2.22. The molecular weight excluding hydrogens is 372 g/mol. The summed E-state index contributed by atoms with van der Waals surface area (Å²) < 4.78 is 9.96. The average molecular weight is 398 g/mol. The SMILES string of the molecule is COc1ccc(C(=O)OCC(=O)Nc2ccc(N3CCCCCC3)cc2)c(O)c1. The number of phenolic OH excluding ortho intramolecular Hbond substituents is 1. The van der Waals surface area contributed by atoms with Crippen LogP contribution in [0.15, 0.2) is 42.5 Å². The van der Waals surface area contributed by atoms with Crippen molar-refractivity contribution in [2.45, 2.75) is 25.7 Å². The first-order chi connectivity index (χ1) is 14.1. The molecule has 0 bridgehead atoms. The molecule has 1 aliphatic rings. The summed E-state index contributed by atoms with van der Waals surface area (Å²) in [7, 11) is 1.46. The molecule has 2 aromatic carbocycles. The molecule has 1 heterocycles. The molecule has 7 nitrogen and oxygen atoms in total. The van der Waals surface area contributed by atoms with Gasteiger partial charge in [-0.25, -0.2) is 4.79 Å². The number of aromatic hydroxyl groups is 1. The first-order valence-electron chi connectivity index (χ1n) is 9.76. The lowest BCUT2D eigenvalue weighted by atomic mass is 10.2. The maximum absolute atomic E-state index is 12.1. The van der Waals surface area contributed by atoms with Crippen LogP contribution in [-0.4, -0.2) is 43.8 Å². The Labute approximate surface area is 170 Å². The van der Waals surface area contributed by atoms with Crippen LogP contribution in [0.25, 0.3) is 0 Å². The second-order valence-corrected chi connectivity index (χ2v) is 6.96. The van der Waals surface area contributed by atoms with E-state index in [2.05, 4.69) is 10.2 Å². The summed E-state index contributed by atoms with van der Waals surface area (Å²) in [6.07, 6.45) is 4.95. The fourth-order valence-corrected chi connectivity index (χ4v) is 3.30. The zero-order chi connectivity index (χ0) is 20.6. The second kappa shape index (κ2) is 9.82. The van der Waals surface area contributed by atoms with Crippen molar-refractivity contribution in [3.63, 3.8) is 0 Å². The predicted octanol–water partition coefficient (Wildman–Crippen LogP) is 3.58. The summed E-state index contributed by atoms with van der Waals surface area (Å²) >= 11 is 0. The molecule has 0 aliphatic carbocycles. The molecular formula is C22H26N2O5. The predicted molar refractivity (Wildman–Crippen MR) is 111 cm³/mol. The number of phenols is 1. The topological polar surface area (TPSA) is 88.1 Å². The van der Waals surface area contributed by atoms with Crippen molar-refractivity contribution < 1.29 is 24.2 Å². The zero-order valence-electron chi connectivity index (χ0n) is 16.5. The maximum Gasteiger partial charge on any atom is 0.342 e. The molecule has 1 fully saturated rings. The van der Waals surface area contributed by atoms with E-state index in [1.807, 2.05) is 24.3 Å². The molecule has 7 heteroatoms. The van der Waals surface area contributed by atoms with Crippen LogP contribution in [0.5, 0.6) is 11.5 Å². The number of methoxy groups -OCH3 is 1. The highest BCUT2D eigenvalue weighted by Gasteiger charge is 2.15. The minimum atomic E-state index is -0.781. The number of hydrogen-bond donors (Lipinski definition) is 2. The Morgan fingerprint density at radius 2 is 1.72 bits per heavy atom. The molecule has 1 aliphatic heterocycles. The molecule has 1 saturated heterocycles. The Morgan fingerprint density at radius 1 is 1.03 bits per heavy atom. The first kappa shape index (κ1) is 20.5. The maximum atomic E-state index is 12.1. The number of rotatable bonds is 6. The van der Waals surface area contributed by atoms with Crippen LogP contribution >= 0.6 is 0 Å². The molecule has 3 rings (SSSR count). The molecule has 0 spiro atoms. The van der Waals surface area contributed by atoms with Gasteiger partial charge >= 0.3 is 5.97 Å². The van der Waals surface area contributed by atoms with Gasteiger partial charge in [0.15, 0.2) is 6.61 Å². The zero-order valence-corrected chi connectivity index (χ0v) is 16.5. The van der Waals surface area contributed by atoms with Crippen molar-refractivity contribution in [2.75, 3.05) is 37.0 Å². The van der Waals surface area contributed by atoms with Gasteiger partial charge in [-0.3, -0.25) is 4.79 Å². The van der Waals surface area contributed by atoms with Crippen LogP contribution in [0.1, 0.15) is 36.0 Å². The van der Waals surface area contributed by atoms with E-state index in [1.54, 1.807) is 0 Å². The van der Waals surface area contributed by atoms with Gasteiger partial charge in [-0.2, -0.15) is 0 Å². The minimum Gasteiger partial charge on any atom is -0.507 e. The third-order valence-corrected chi connectivity index (χ3v) is 4.88. The Kier molecular flexibility index (Phi) is 6.94. The van der Waals surface area contributed by atoms with Crippen molar-refractivity contribution in [2.24, 2.45) is 0 Å². The Hall–Kier alpha value is -3.22. The molecule has 29 heavy (non-hydrogen) atoms. The van der Waals surface area contributed by atoms with E-state index in [9.17, 15) is 14.7 Å². The van der Waals surface area contributed by atoms with Crippen molar-refractivity contribution in [1.29, 1.82) is 0 Å². The molecule has 0 unspecified atom stereocenters. The van der Waals surface area contributed by atoms with E-state index in [0.717, 1.165) is 18.8 Å². The highest BCUT2D eigenvalue weighted by Crippen LogP contribution is 2.24. The van der Waals surface area contributed by atoms with Crippen LogP contribution in [0.4, 0.5) is 11.4 Å². The standard InChI is InChI=1S/C22H26N2O5/c1-28-18-10-11-19(20(25)14-18)22(27)29-15-21(26)23-16-6-8-17(9-7-16)24-12-4-2-3-5-13-24/h6-11,14,25H,2-5,12-13,15H2,1H3,(H,23,26). The van der Waals surface area contributed by atoms with Gasteiger partial charge in [0.1, 0.15) is 17.1 Å². The molecule has 0 aromatic heterocycles. The van der Waals surface area contributed by atoms with Gasteiger partial charge < -0.3 is 24.8 Å². The van der Waals surface area contributed by atoms with E-state index in [1.165, 1.54) is 51.0 Å². The summed E-state index contributed by atoms with van der Waals surface area (Å²) in [6.45, 7) is 1.66. The molecule has 2 N–H and O–H groups in total. The highest BCUT2D eigenvalue weighted by atomic mass is 16.5. The van der Waals surface area contributed by atoms with Crippen LogP contribution in [0.3, 0.4) is 0 Å². The number of nitrogens with zero attached hydrogens (tertiary/aromatic N) is 1. The fourth-order valence-electron chi connectivity index (χ4n) is 3.30. The van der Waals surface area contributed by atoms with Crippen molar-refractivity contribution in [3.05, 3.63) is 48.0 Å². The van der Waals surface area contributed by atoms with E-state index in [-0.39, 0.29) is 11.3 Å². The van der Waals surface area contributed by atoms with Crippen molar-refractivity contribution >= 4 is 23.3 Å². The monoisotopic (exact) mass is 398 g/mol.